The van der Waals surface area contributed by atoms with Gasteiger partial charge in [0.25, 0.3) is 0 Å². The van der Waals surface area contributed by atoms with E-state index in [-0.39, 0.29) is 0 Å². The third-order valence-electron chi connectivity index (χ3n) is 4.33. The first-order valence-corrected chi connectivity index (χ1v) is 9.39. The van der Waals surface area contributed by atoms with E-state index in [1.54, 1.807) is 0 Å². The van der Waals surface area contributed by atoms with Crippen molar-refractivity contribution in [2.75, 3.05) is 0 Å². The molecule has 0 saturated heterocycles. The summed E-state index contributed by atoms with van der Waals surface area (Å²) in [6, 6.07) is 0. The van der Waals surface area contributed by atoms with E-state index in [0.717, 1.165) is 6.54 Å². The molecule has 21 heavy (non-hydrogen) atoms. The number of nitrogens with zero attached hydrogens (tertiary/aromatic N) is 2. The summed E-state index contributed by atoms with van der Waals surface area (Å²) in [5.41, 5.74) is 0. The summed E-state index contributed by atoms with van der Waals surface area (Å²) in [5, 5.41) is 0. The maximum atomic E-state index is 4.07. The molecule has 0 aromatic carbocycles. The lowest BCUT2D eigenvalue weighted by Gasteiger charge is -2.04. The Morgan fingerprint density at radius 2 is 1.14 bits per heavy atom. The number of hydrogen-bond acceptors (Lipinski definition) is 1. The molecule has 2 heteroatoms. The van der Waals surface area contributed by atoms with E-state index < -0.39 is 0 Å². The van der Waals surface area contributed by atoms with Gasteiger partial charge < -0.3 is 4.57 Å². The minimum atomic E-state index is 1.14. The van der Waals surface area contributed by atoms with Gasteiger partial charge in [0.1, 0.15) is 0 Å². The smallest absolute Gasteiger partial charge is 0.0945 e. The van der Waals surface area contributed by atoms with Gasteiger partial charge in [0.05, 0.1) is 6.33 Å². The highest BCUT2D eigenvalue weighted by atomic mass is 15.0. The zero-order valence-corrected chi connectivity index (χ0v) is 14.2. The summed E-state index contributed by atoms with van der Waals surface area (Å²) in [6.07, 6.45) is 25.8. The predicted octanol–water partition coefficient (Wildman–Crippen LogP) is 6.36. The van der Waals surface area contributed by atoms with Crippen molar-refractivity contribution in [3.63, 3.8) is 0 Å². The van der Waals surface area contributed by atoms with Crippen LogP contribution in [0.4, 0.5) is 0 Å². The molecule has 2 nitrogen and oxygen atoms in total. The van der Waals surface area contributed by atoms with Gasteiger partial charge in [-0.3, -0.25) is 0 Å². The third-order valence-corrected chi connectivity index (χ3v) is 4.33. The van der Waals surface area contributed by atoms with Crippen LogP contribution in [0.25, 0.3) is 0 Å². The van der Waals surface area contributed by atoms with E-state index in [2.05, 4.69) is 22.7 Å². The largest absolute Gasteiger partial charge is 0.337 e. The Kier molecular flexibility index (Phi) is 12.3. The first-order chi connectivity index (χ1) is 10.4. The molecule has 0 amide bonds. The first-order valence-electron chi connectivity index (χ1n) is 9.39. The summed E-state index contributed by atoms with van der Waals surface area (Å²) in [7, 11) is 0. The first kappa shape index (κ1) is 18.3. The third kappa shape index (κ3) is 11.5. The Morgan fingerprint density at radius 1 is 0.667 bits per heavy atom. The van der Waals surface area contributed by atoms with Gasteiger partial charge >= 0.3 is 0 Å². The van der Waals surface area contributed by atoms with Crippen LogP contribution in [-0.2, 0) is 6.54 Å². The van der Waals surface area contributed by atoms with Gasteiger partial charge in [0.2, 0.25) is 0 Å². The monoisotopic (exact) mass is 292 g/mol. The quantitative estimate of drug-likeness (QED) is 0.344. The lowest BCUT2D eigenvalue weighted by molar-refractivity contribution is 0.524. The highest BCUT2D eigenvalue weighted by Crippen LogP contribution is 2.13. The molecular formula is C19H36N2. The SMILES string of the molecule is CCCCCCCCCCCCCCCCn1ccnc1. The summed E-state index contributed by atoms with van der Waals surface area (Å²) in [6.45, 7) is 3.43. The molecule has 122 valence electrons. The highest BCUT2D eigenvalue weighted by Gasteiger charge is 1.94. The van der Waals surface area contributed by atoms with E-state index in [1.165, 1.54) is 89.9 Å². The van der Waals surface area contributed by atoms with Crippen molar-refractivity contribution in [2.45, 2.75) is 103 Å². The summed E-state index contributed by atoms with van der Waals surface area (Å²) >= 11 is 0. The Hall–Kier alpha value is -0.790. The Balaban J connectivity index is 1.69. The van der Waals surface area contributed by atoms with Gasteiger partial charge in [-0.05, 0) is 6.42 Å². The molecule has 1 aromatic heterocycles. The molecule has 0 spiro atoms. The second kappa shape index (κ2) is 14.2. The van der Waals surface area contributed by atoms with Crippen LogP contribution in [-0.4, -0.2) is 9.55 Å². The van der Waals surface area contributed by atoms with Crippen molar-refractivity contribution in [3.8, 4) is 0 Å². The van der Waals surface area contributed by atoms with E-state index in [9.17, 15) is 0 Å². The molecule has 0 N–H and O–H groups in total. The van der Waals surface area contributed by atoms with Crippen LogP contribution in [0.5, 0.6) is 0 Å². The Labute approximate surface area is 132 Å². The molecule has 0 aliphatic carbocycles. The number of rotatable bonds is 15. The molecular weight excluding hydrogens is 256 g/mol. The van der Waals surface area contributed by atoms with Gasteiger partial charge in [-0.2, -0.15) is 0 Å². The van der Waals surface area contributed by atoms with Crippen LogP contribution < -0.4 is 0 Å². The lowest BCUT2D eigenvalue weighted by atomic mass is 10.0. The molecule has 0 saturated carbocycles. The van der Waals surface area contributed by atoms with Gasteiger partial charge in [0.15, 0.2) is 0 Å². The summed E-state index contributed by atoms with van der Waals surface area (Å²) in [4.78, 5) is 4.07. The van der Waals surface area contributed by atoms with Gasteiger partial charge in [-0.25, -0.2) is 4.98 Å². The number of hydrogen-bond donors (Lipinski definition) is 0. The molecule has 0 unspecified atom stereocenters. The average molecular weight is 293 g/mol. The number of imidazole rings is 1. The van der Waals surface area contributed by atoms with Crippen molar-refractivity contribution in [1.82, 2.24) is 9.55 Å². The van der Waals surface area contributed by atoms with Crippen molar-refractivity contribution in [2.24, 2.45) is 0 Å². The van der Waals surface area contributed by atoms with Crippen LogP contribution in [0, 0.1) is 0 Å². The standard InChI is InChI=1S/C19H36N2/c1-2-3-4-5-6-7-8-9-10-11-12-13-14-15-17-21-18-16-20-19-21/h16,18-19H,2-15,17H2,1H3. The molecule has 0 bridgehead atoms. The predicted molar refractivity (Wildman–Crippen MR) is 92.5 cm³/mol. The van der Waals surface area contributed by atoms with E-state index in [4.69, 9.17) is 0 Å². The van der Waals surface area contributed by atoms with Gasteiger partial charge in [-0.15, -0.1) is 0 Å². The maximum Gasteiger partial charge on any atom is 0.0945 e. The van der Waals surface area contributed by atoms with E-state index in [0.29, 0.717) is 0 Å². The fourth-order valence-electron chi connectivity index (χ4n) is 2.91. The van der Waals surface area contributed by atoms with Crippen LogP contribution >= 0.6 is 0 Å². The highest BCUT2D eigenvalue weighted by molar-refractivity contribution is 4.73. The van der Waals surface area contributed by atoms with Crippen LogP contribution in [0.2, 0.25) is 0 Å². The number of unbranched alkanes of at least 4 members (excludes halogenated alkanes) is 13. The van der Waals surface area contributed by atoms with Crippen molar-refractivity contribution in [3.05, 3.63) is 18.7 Å². The molecule has 0 aliphatic rings. The molecule has 0 fully saturated rings. The van der Waals surface area contributed by atoms with Crippen molar-refractivity contribution < 1.29 is 0 Å². The van der Waals surface area contributed by atoms with E-state index in [1.807, 2.05) is 12.5 Å². The minimum Gasteiger partial charge on any atom is -0.337 e. The zero-order valence-electron chi connectivity index (χ0n) is 14.2. The molecule has 0 radical (unpaired) electrons. The molecule has 1 rings (SSSR count). The maximum absolute atomic E-state index is 4.07. The second-order valence-corrected chi connectivity index (χ2v) is 6.40. The molecule has 1 aromatic rings. The normalized spacial score (nSPS) is 11.1. The zero-order chi connectivity index (χ0) is 15.0. The van der Waals surface area contributed by atoms with Crippen LogP contribution in [0.15, 0.2) is 18.7 Å². The molecule has 0 aliphatic heterocycles. The minimum absolute atomic E-state index is 1.14. The van der Waals surface area contributed by atoms with Gasteiger partial charge in [-0.1, -0.05) is 90.4 Å². The second-order valence-electron chi connectivity index (χ2n) is 6.40. The number of aryl methyl sites for hydroxylation is 1. The Morgan fingerprint density at radius 3 is 1.57 bits per heavy atom. The Bertz CT molecular complexity index is 293. The molecule has 0 atom stereocenters. The average Bonchev–Trinajstić information content (AvgIpc) is 3.01. The fourth-order valence-corrected chi connectivity index (χ4v) is 2.91. The summed E-state index contributed by atoms with van der Waals surface area (Å²) in [5.74, 6) is 0. The van der Waals surface area contributed by atoms with E-state index >= 15 is 0 Å². The van der Waals surface area contributed by atoms with Crippen molar-refractivity contribution in [1.29, 1.82) is 0 Å². The van der Waals surface area contributed by atoms with Crippen LogP contribution in [0.3, 0.4) is 0 Å². The van der Waals surface area contributed by atoms with Gasteiger partial charge in [0, 0.05) is 18.9 Å². The topological polar surface area (TPSA) is 17.8 Å². The summed E-state index contributed by atoms with van der Waals surface area (Å²) < 4.78 is 2.18. The molecule has 1 heterocycles. The number of aromatic nitrogens is 2. The lowest BCUT2D eigenvalue weighted by Crippen LogP contribution is -1.93. The fraction of sp³-hybridized carbons (Fsp3) is 0.842. The van der Waals surface area contributed by atoms with Crippen LogP contribution in [0.1, 0.15) is 96.8 Å². The van der Waals surface area contributed by atoms with Crippen molar-refractivity contribution >= 4 is 0 Å².